The van der Waals surface area contributed by atoms with Gasteiger partial charge in [-0.2, -0.15) is 0 Å². The number of hydrogen-bond donors (Lipinski definition) is 2. The predicted octanol–water partition coefficient (Wildman–Crippen LogP) is 3.77. The van der Waals surface area contributed by atoms with Crippen molar-refractivity contribution in [1.29, 1.82) is 0 Å². The topological polar surface area (TPSA) is 71.1 Å². The third kappa shape index (κ3) is 4.46. The van der Waals surface area contributed by atoms with Gasteiger partial charge in [0.05, 0.1) is 17.1 Å². The molecule has 0 aliphatic heterocycles. The summed E-state index contributed by atoms with van der Waals surface area (Å²) in [7, 11) is 0. The van der Waals surface area contributed by atoms with Crippen molar-refractivity contribution in [3.8, 4) is 11.1 Å². The highest BCUT2D eigenvalue weighted by molar-refractivity contribution is 6.33. The highest BCUT2D eigenvalue weighted by atomic mass is 35.5. The minimum Gasteiger partial charge on any atom is -0.343 e. The van der Waals surface area contributed by atoms with E-state index >= 15 is 0 Å². The quantitative estimate of drug-likeness (QED) is 0.723. The molecule has 0 bridgehead atoms. The standard InChI is InChI=1S/C20H16ClN3O2/c21-17-9-5-4-8-16(17)20(26)23-13-19(25)24-18-11-10-15(12-22-18)14-6-2-1-3-7-14/h1-12H,13H2,(H,23,26)(H,22,24,25). The van der Waals surface area contributed by atoms with Gasteiger partial charge in [-0.1, -0.05) is 54.1 Å². The fourth-order valence-corrected chi connectivity index (χ4v) is 2.58. The van der Waals surface area contributed by atoms with E-state index in [1.165, 1.54) is 0 Å². The largest absolute Gasteiger partial charge is 0.343 e. The molecule has 0 aliphatic carbocycles. The van der Waals surface area contributed by atoms with E-state index in [-0.39, 0.29) is 12.5 Å². The Morgan fingerprint density at radius 2 is 1.62 bits per heavy atom. The van der Waals surface area contributed by atoms with Gasteiger partial charge in [-0.15, -0.1) is 0 Å². The van der Waals surface area contributed by atoms with Gasteiger partial charge in [0.2, 0.25) is 5.91 Å². The van der Waals surface area contributed by atoms with E-state index in [2.05, 4.69) is 15.6 Å². The molecule has 0 radical (unpaired) electrons. The second-order valence-corrected chi connectivity index (χ2v) is 5.92. The van der Waals surface area contributed by atoms with Crippen LogP contribution in [0.3, 0.4) is 0 Å². The number of aromatic nitrogens is 1. The predicted molar refractivity (Wildman–Crippen MR) is 102 cm³/mol. The van der Waals surface area contributed by atoms with Crippen molar-refractivity contribution in [2.75, 3.05) is 11.9 Å². The lowest BCUT2D eigenvalue weighted by molar-refractivity contribution is -0.115. The number of carbonyl (C=O) groups excluding carboxylic acids is 2. The summed E-state index contributed by atoms with van der Waals surface area (Å²) >= 11 is 5.96. The Balaban J connectivity index is 1.55. The van der Waals surface area contributed by atoms with Gasteiger partial charge in [0.1, 0.15) is 5.82 Å². The molecule has 0 aliphatic rings. The normalized spacial score (nSPS) is 10.2. The number of rotatable bonds is 5. The van der Waals surface area contributed by atoms with E-state index in [1.807, 2.05) is 36.4 Å². The SMILES string of the molecule is O=C(CNC(=O)c1ccccc1Cl)Nc1ccc(-c2ccccc2)cn1. The minimum absolute atomic E-state index is 0.174. The third-order valence-corrected chi connectivity index (χ3v) is 4.00. The number of nitrogens with zero attached hydrogens (tertiary/aromatic N) is 1. The second kappa shape index (κ2) is 8.27. The van der Waals surface area contributed by atoms with Crippen LogP contribution in [0.15, 0.2) is 72.9 Å². The van der Waals surface area contributed by atoms with Crippen LogP contribution in [-0.4, -0.2) is 23.3 Å². The number of anilines is 1. The number of benzene rings is 2. The van der Waals surface area contributed by atoms with Crippen LogP contribution in [0.25, 0.3) is 11.1 Å². The third-order valence-electron chi connectivity index (χ3n) is 3.67. The maximum atomic E-state index is 12.0. The van der Waals surface area contributed by atoms with Crippen molar-refractivity contribution < 1.29 is 9.59 Å². The van der Waals surface area contributed by atoms with Gasteiger partial charge in [-0.25, -0.2) is 4.98 Å². The summed E-state index contributed by atoms with van der Waals surface area (Å²) in [6.45, 7) is -0.174. The number of hydrogen-bond acceptors (Lipinski definition) is 3. The Kier molecular flexibility index (Phi) is 5.61. The van der Waals surface area contributed by atoms with Gasteiger partial charge in [0, 0.05) is 11.8 Å². The van der Waals surface area contributed by atoms with Crippen molar-refractivity contribution in [3.05, 3.63) is 83.5 Å². The van der Waals surface area contributed by atoms with Crippen LogP contribution in [0.5, 0.6) is 0 Å². The smallest absolute Gasteiger partial charge is 0.253 e. The van der Waals surface area contributed by atoms with E-state index < -0.39 is 5.91 Å². The summed E-state index contributed by atoms with van der Waals surface area (Å²) in [5.41, 5.74) is 2.33. The van der Waals surface area contributed by atoms with Crippen LogP contribution in [-0.2, 0) is 4.79 Å². The summed E-state index contributed by atoms with van der Waals surface area (Å²) < 4.78 is 0. The molecule has 0 spiro atoms. The average molecular weight is 366 g/mol. The minimum atomic E-state index is -0.405. The molecule has 3 aromatic rings. The maximum Gasteiger partial charge on any atom is 0.253 e. The van der Waals surface area contributed by atoms with Crippen LogP contribution < -0.4 is 10.6 Å². The van der Waals surface area contributed by atoms with Crippen LogP contribution in [0.1, 0.15) is 10.4 Å². The van der Waals surface area contributed by atoms with Crippen LogP contribution in [0, 0.1) is 0 Å². The number of amides is 2. The Labute approximate surface area is 156 Å². The van der Waals surface area contributed by atoms with Crippen molar-refractivity contribution in [2.24, 2.45) is 0 Å². The molecule has 5 nitrogen and oxygen atoms in total. The van der Waals surface area contributed by atoms with Gasteiger partial charge in [0.25, 0.3) is 5.91 Å². The van der Waals surface area contributed by atoms with Crippen molar-refractivity contribution in [2.45, 2.75) is 0 Å². The number of pyridine rings is 1. The van der Waals surface area contributed by atoms with Crippen LogP contribution in [0.2, 0.25) is 5.02 Å². The highest BCUT2D eigenvalue weighted by Crippen LogP contribution is 2.19. The van der Waals surface area contributed by atoms with Gasteiger partial charge >= 0.3 is 0 Å². The number of halogens is 1. The molecule has 0 atom stereocenters. The van der Waals surface area contributed by atoms with E-state index in [4.69, 9.17) is 11.6 Å². The van der Waals surface area contributed by atoms with Gasteiger partial charge in [-0.05, 0) is 29.8 Å². The number of carbonyl (C=O) groups is 2. The number of nitrogens with one attached hydrogen (secondary N) is 2. The molecule has 0 saturated carbocycles. The Hall–Kier alpha value is -3.18. The van der Waals surface area contributed by atoms with E-state index in [9.17, 15) is 9.59 Å². The summed E-state index contributed by atoms with van der Waals surface area (Å²) in [6.07, 6.45) is 1.69. The van der Waals surface area contributed by atoms with Crippen LogP contribution in [0.4, 0.5) is 5.82 Å². The maximum absolute atomic E-state index is 12.0. The summed E-state index contributed by atoms with van der Waals surface area (Å²) in [5, 5.41) is 5.51. The molecule has 1 heterocycles. The monoisotopic (exact) mass is 365 g/mol. The molecule has 2 N–H and O–H groups in total. The zero-order chi connectivity index (χ0) is 18.4. The van der Waals surface area contributed by atoms with Crippen molar-refractivity contribution >= 4 is 29.2 Å². The van der Waals surface area contributed by atoms with Crippen molar-refractivity contribution in [3.63, 3.8) is 0 Å². The van der Waals surface area contributed by atoms with E-state index in [0.29, 0.717) is 16.4 Å². The molecular formula is C20H16ClN3O2. The molecule has 0 saturated heterocycles. The average Bonchev–Trinajstić information content (AvgIpc) is 2.68. The lowest BCUT2D eigenvalue weighted by atomic mass is 10.1. The van der Waals surface area contributed by atoms with Crippen LogP contribution >= 0.6 is 11.6 Å². The molecule has 1 aromatic heterocycles. The lowest BCUT2D eigenvalue weighted by Crippen LogP contribution is -2.33. The fourth-order valence-electron chi connectivity index (χ4n) is 2.36. The molecule has 2 amide bonds. The molecular weight excluding hydrogens is 350 g/mol. The van der Waals surface area contributed by atoms with Gasteiger partial charge < -0.3 is 10.6 Å². The van der Waals surface area contributed by atoms with Gasteiger partial charge in [0.15, 0.2) is 0 Å². The first-order chi connectivity index (χ1) is 12.6. The first-order valence-electron chi connectivity index (χ1n) is 7.97. The van der Waals surface area contributed by atoms with Gasteiger partial charge in [-0.3, -0.25) is 9.59 Å². The summed E-state index contributed by atoms with van der Waals surface area (Å²) in [5.74, 6) is -0.356. The summed E-state index contributed by atoms with van der Waals surface area (Å²) in [6, 6.07) is 20.1. The Bertz CT molecular complexity index is 912. The molecule has 26 heavy (non-hydrogen) atoms. The molecule has 3 rings (SSSR count). The Morgan fingerprint density at radius 1 is 0.885 bits per heavy atom. The second-order valence-electron chi connectivity index (χ2n) is 5.51. The zero-order valence-corrected chi connectivity index (χ0v) is 14.5. The zero-order valence-electron chi connectivity index (χ0n) is 13.8. The summed E-state index contributed by atoms with van der Waals surface area (Å²) in [4.78, 5) is 28.3. The molecule has 2 aromatic carbocycles. The first-order valence-corrected chi connectivity index (χ1v) is 8.35. The molecule has 6 heteroatoms. The molecule has 0 fully saturated rings. The van der Waals surface area contributed by atoms with E-state index in [0.717, 1.165) is 11.1 Å². The Morgan fingerprint density at radius 3 is 2.31 bits per heavy atom. The fraction of sp³-hybridized carbons (Fsp3) is 0.0500. The molecule has 130 valence electrons. The lowest BCUT2D eigenvalue weighted by Gasteiger charge is -2.08. The first kappa shape index (κ1) is 17.6. The van der Waals surface area contributed by atoms with Crippen molar-refractivity contribution in [1.82, 2.24) is 10.3 Å². The molecule has 0 unspecified atom stereocenters. The van der Waals surface area contributed by atoms with E-state index in [1.54, 1.807) is 36.5 Å². The highest BCUT2D eigenvalue weighted by Gasteiger charge is 2.11.